The molecule has 6 amide bonds. The molecule has 1 aliphatic rings. The monoisotopic (exact) mass is 1730 g/mol. The summed E-state index contributed by atoms with van der Waals surface area (Å²) >= 11 is 0. The molecule has 13 atom stereocenters. The van der Waals surface area contributed by atoms with Crippen LogP contribution in [0.15, 0.2) is 25.0 Å². The predicted molar refractivity (Wildman–Crippen MR) is 374 cm³/mol. The molecule has 44 nitrogen and oxygen atoms in total. The molecule has 1 rings (SSSR count). The fourth-order valence-electron chi connectivity index (χ4n) is 9.67. The molecule has 0 spiro atoms. The molecule has 1 heterocycles. The number of hydrogen-bond acceptors (Lipinski definition) is 33. The van der Waals surface area contributed by atoms with Crippen molar-refractivity contribution in [1.29, 1.82) is 0 Å². The van der Waals surface area contributed by atoms with Crippen LogP contribution in [0.4, 0.5) is 0 Å². The van der Waals surface area contributed by atoms with Crippen molar-refractivity contribution < 1.29 is 277 Å². The average Bonchev–Trinajstić information content (AvgIpc) is 1.04. The van der Waals surface area contributed by atoms with Crippen molar-refractivity contribution in [3.05, 3.63) is 0 Å². The fourth-order valence-corrected chi connectivity index (χ4v) is 11.7. The number of aliphatic hydroxyl groups excluding tert-OH is 2. The maximum atomic E-state index is 14.5. The molecule has 0 radical (unpaired) electrons. The summed E-state index contributed by atoms with van der Waals surface area (Å²) in [6, 6.07) is -19.1. The minimum Gasteiger partial charge on any atom is -0.862 e. The number of aliphatic imine (C=N–C) groups is 5. The number of amides is 6. The van der Waals surface area contributed by atoms with Crippen LogP contribution < -0.4 is 232 Å². The van der Waals surface area contributed by atoms with Gasteiger partial charge in [0.05, 0.1) is 30.3 Å². The van der Waals surface area contributed by atoms with Crippen LogP contribution in [0.5, 0.6) is 0 Å². The van der Waals surface area contributed by atoms with E-state index >= 15 is 0 Å². The van der Waals surface area contributed by atoms with Crippen LogP contribution in [0.2, 0.25) is 0 Å². The van der Waals surface area contributed by atoms with E-state index < -0.39 is 301 Å². The van der Waals surface area contributed by atoms with Crippen LogP contribution in [0, 0.1) is 17.8 Å². The Morgan fingerprint density at radius 2 is 1.05 bits per heavy atom. The first-order valence-electron chi connectivity index (χ1n) is 33.6. The molecule has 111 heavy (non-hydrogen) atoms. The van der Waals surface area contributed by atoms with Crippen molar-refractivity contribution in [2.24, 2.45) is 42.7 Å². The fraction of sp³-hybridized carbons (Fsp3) is 0.807. The number of carbonyl (C=O) groups excluding carboxylic acids is 6. The SMILES string of the molecule is CCC(C)CCCC([O-])=NC(CCNCS(=O)(=O)O)C(=O)NC(C(=O)NC(CCNCS(=O)(=O)O)C([O-])=NC1CCNC(=O)C(C(C)O)NC(=O)C(CCNCS(=O)(=O)O)N=C([O-])C(CCNCS(=O)(=O)O)NC(=O)C(CC(C)C)NC(=O)C(CC(C)C)N=C([O-])C(NCS(=O)(=O)O)CCN=C1[O-])C(C)O.[Na+].[Na+].[Na+].[Na+].[Na+]. The van der Waals surface area contributed by atoms with E-state index in [4.69, 9.17) is 0 Å². The van der Waals surface area contributed by atoms with Gasteiger partial charge in [-0.25, -0.2) is 0 Å². The van der Waals surface area contributed by atoms with Gasteiger partial charge < -0.3 is 93.9 Å². The first-order chi connectivity index (χ1) is 48.9. The number of aliphatic hydroxyl groups is 2. The second-order valence-corrected chi connectivity index (χ2v) is 33.2. The molecule has 0 aromatic rings. The van der Waals surface area contributed by atoms with Gasteiger partial charge >= 0.3 is 148 Å². The molecule has 0 aliphatic carbocycles. The van der Waals surface area contributed by atoms with E-state index in [1.54, 1.807) is 27.7 Å². The van der Waals surface area contributed by atoms with Gasteiger partial charge in [0.1, 0.15) is 65.6 Å². The van der Waals surface area contributed by atoms with E-state index in [9.17, 15) is 129 Å². The standard InChI is InChI=1S/C57H108N16O28S5.5Na/c1-9-34(6)11-10-12-45(76)65-39(13-19-58-27-102(87,88)89)52(81)73-47(36(8)75)57(86)69-41(15-21-60-29-104(93,94)95)51(80)66-38-18-24-63-56(85)46(35(7)74)72-53(82)42(16-22-61-30-105(96,97)98)67-50(79)40(14-20-59-28-103(90,91)92)68-54(83)43(25-32(2)3)71-55(84)44(26-33(4)5)70-49(78)37(17-23-62-48(38)77)64-31-106(99,100)101;;;;;/h32-44,46-47,58-61,64,74-75H,9-31H2,1-8H3,(H,62,77)(H,63,85)(H,65,76)(H,66,80)(H,67,79)(H,68,83)(H,69,86)(H,70,78)(H,71,84)(H,72,82)(H,73,81)(H,87,88,89)(H,90,91,92)(H,93,94,95)(H,96,97,98)(H,99,100,101);;;;;/q;5*+1/p-5. The van der Waals surface area contributed by atoms with Crippen molar-refractivity contribution in [3.63, 3.8) is 0 Å². The van der Waals surface area contributed by atoms with E-state index in [-0.39, 0.29) is 180 Å². The third-order valence-electron chi connectivity index (χ3n) is 15.3. The summed E-state index contributed by atoms with van der Waals surface area (Å²) in [4.78, 5) is 105. The van der Waals surface area contributed by atoms with Gasteiger partial charge in [-0.2, -0.15) is 42.1 Å². The van der Waals surface area contributed by atoms with E-state index in [0.717, 1.165) is 20.3 Å². The van der Waals surface area contributed by atoms with Gasteiger partial charge in [0.15, 0.2) is 0 Å². The Bertz CT molecular complexity index is 3620. The molecule has 0 aromatic carbocycles. The predicted octanol–water partition coefficient (Wildman–Crippen LogP) is -25.2. The van der Waals surface area contributed by atoms with Crippen molar-refractivity contribution in [3.8, 4) is 0 Å². The van der Waals surface area contributed by atoms with E-state index in [0.29, 0.717) is 12.8 Å². The molecule has 0 saturated carbocycles. The van der Waals surface area contributed by atoms with Crippen molar-refractivity contribution in [1.82, 2.24) is 58.5 Å². The third kappa shape index (κ3) is 55.8. The van der Waals surface area contributed by atoms with Gasteiger partial charge in [-0.3, -0.25) is 76.8 Å². The van der Waals surface area contributed by atoms with Crippen LogP contribution in [0.25, 0.3) is 0 Å². The van der Waals surface area contributed by atoms with Crippen molar-refractivity contribution >= 4 is 116 Å². The average molecular weight is 1740 g/mol. The van der Waals surface area contributed by atoms with Crippen LogP contribution >= 0.6 is 0 Å². The van der Waals surface area contributed by atoms with Gasteiger partial charge in [0, 0.05) is 19.1 Å². The molecule has 13 unspecified atom stereocenters. The Hall–Kier alpha value is -1.56. The molecule has 0 bridgehead atoms. The number of rotatable bonds is 41. The smallest absolute Gasteiger partial charge is 0.862 e. The second-order valence-electron chi connectivity index (χ2n) is 25.9. The molecule has 18 N–H and O–H groups in total. The van der Waals surface area contributed by atoms with Gasteiger partial charge in [0.2, 0.25) is 35.4 Å². The number of carbonyl (C=O) groups is 6. The normalized spacial score (nSPS) is 21.3. The van der Waals surface area contributed by atoms with Crippen LogP contribution in [-0.4, -0.2) is 281 Å². The summed E-state index contributed by atoms with van der Waals surface area (Å²) in [6.45, 7) is 8.56. The van der Waals surface area contributed by atoms with Crippen LogP contribution in [0.1, 0.15) is 132 Å². The van der Waals surface area contributed by atoms with Crippen LogP contribution in [0.3, 0.4) is 0 Å². The first-order valence-corrected chi connectivity index (χ1v) is 41.6. The van der Waals surface area contributed by atoms with Gasteiger partial charge in [-0.15, -0.1) is 0 Å². The Labute approximate surface area is 758 Å². The topological polar surface area (TPSA) is 724 Å². The number of hydrogen-bond donors (Lipinski definition) is 18. The molecule has 614 valence electrons. The summed E-state index contributed by atoms with van der Waals surface area (Å²) in [5, 5.41) is 118. The minimum atomic E-state index is -4.98. The van der Waals surface area contributed by atoms with Crippen LogP contribution in [-0.2, 0) is 79.4 Å². The Kier molecular flexibility index (Phi) is 62.9. The Balaban J connectivity index is -0.00000749. The zero-order valence-corrected chi connectivity index (χ0v) is 79.0. The Morgan fingerprint density at radius 3 is 1.55 bits per heavy atom. The maximum Gasteiger partial charge on any atom is 1.00 e. The zero-order chi connectivity index (χ0) is 81.1. The van der Waals surface area contributed by atoms with E-state index in [1.807, 2.05) is 13.8 Å². The quantitative estimate of drug-likeness (QED) is 0.00888. The second kappa shape index (κ2) is 59.2. The molecule has 1 aliphatic heterocycles. The minimum absolute atomic E-state index is 0. The summed E-state index contributed by atoms with van der Waals surface area (Å²) in [5.74, 6) is -20.3. The van der Waals surface area contributed by atoms with Gasteiger partial charge in [0.25, 0.3) is 50.6 Å². The largest absolute Gasteiger partial charge is 1.00 e. The summed E-state index contributed by atoms with van der Waals surface area (Å²) in [7, 11) is -23.7. The van der Waals surface area contributed by atoms with Gasteiger partial charge in [-0.1, -0.05) is 54.4 Å². The van der Waals surface area contributed by atoms with E-state index in [2.05, 4.69) is 83.4 Å². The third-order valence-corrected chi connectivity index (χ3v) is 18.1. The molecule has 54 heteroatoms. The molecule has 0 fully saturated rings. The summed E-state index contributed by atoms with van der Waals surface area (Å²) < 4.78 is 164. The van der Waals surface area contributed by atoms with E-state index in [1.165, 1.54) is 0 Å². The zero-order valence-electron chi connectivity index (χ0n) is 64.9. The number of nitrogens with zero attached hydrogens (tertiary/aromatic N) is 5. The molecular formula is C57H103N16Na5O28S5. The molecular weight excluding hydrogens is 1630 g/mol. The van der Waals surface area contributed by atoms with Crippen molar-refractivity contribution in [2.75, 3.05) is 68.7 Å². The Morgan fingerprint density at radius 1 is 0.568 bits per heavy atom. The molecule has 0 saturated heterocycles. The summed E-state index contributed by atoms with van der Waals surface area (Å²) in [5.41, 5.74) is 0. The van der Waals surface area contributed by atoms with Gasteiger partial charge in [-0.05, 0) is 151 Å². The summed E-state index contributed by atoms with van der Waals surface area (Å²) in [6.07, 6.45) is -6.65. The first kappa shape index (κ1) is 118. The molecule has 0 aromatic heterocycles. The number of nitrogens with one attached hydrogen (secondary N) is 11. The van der Waals surface area contributed by atoms with Crippen molar-refractivity contribution in [2.45, 2.75) is 205 Å². The maximum absolute atomic E-state index is 14.5.